The number of imidazole rings is 1. The van der Waals surface area contributed by atoms with Crippen molar-refractivity contribution >= 4 is 21.7 Å². The van der Waals surface area contributed by atoms with Crippen molar-refractivity contribution in [3.8, 4) is 0 Å². The zero-order valence-electron chi connectivity index (χ0n) is 8.45. The molecule has 2 rings (SSSR count). The second-order valence-electron chi connectivity index (χ2n) is 4.36. The van der Waals surface area contributed by atoms with E-state index in [1.165, 1.54) is 0 Å². The summed E-state index contributed by atoms with van der Waals surface area (Å²) in [7, 11) is 0. The van der Waals surface area contributed by atoms with Gasteiger partial charge in [-0.1, -0.05) is 20.8 Å². The Labute approximate surface area is 91.3 Å². The monoisotopic (exact) mass is 253 g/mol. The molecule has 0 aliphatic heterocycles. The molecule has 0 saturated heterocycles. The molecule has 2 aromatic heterocycles. The summed E-state index contributed by atoms with van der Waals surface area (Å²) in [6.45, 7) is 6.43. The summed E-state index contributed by atoms with van der Waals surface area (Å²) >= 11 is 3.38. The Morgan fingerprint density at radius 1 is 1.29 bits per heavy atom. The van der Waals surface area contributed by atoms with E-state index in [2.05, 4.69) is 46.7 Å². The molecule has 2 aromatic rings. The minimum Gasteiger partial charge on any atom is -0.290 e. The molecule has 0 N–H and O–H groups in total. The SMILES string of the molecule is CC(C)(C)c1cn2cc(Br)cnc2n1. The Bertz CT molecular complexity index is 468. The highest BCUT2D eigenvalue weighted by Crippen LogP contribution is 2.21. The predicted octanol–water partition coefficient (Wildman–Crippen LogP) is 2.79. The van der Waals surface area contributed by atoms with E-state index in [0.29, 0.717) is 0 Å². The van der Waals surface area contributed by atoms with Crippen molar-refractivity contribution in [1.29, 1.82) is 0 Å². The van der Waals surface area contributed by atoms with Crippen LogP contribution in [-0.4, -0.2) is 14.4 Å². The third-order valence-electron chi connectivity index (χ3n) is 2.05. The van der Waals surface area contributed by atoms with Gasteiger partial charge < -0.3 is 0 Å². The van der Waals surface area contributed by atoms with E-state index in [0.717, 1.165) is 15.9 Å². The molecule has 0 fully saturated rings. The summed E-state index contributed by atoms with van der Waals surface area (Å²) in [5.74, 6) is 0.748. The van der Waals surface area contributed by atoms with Gasteiger partial charge in [-0.15, -0.1) is 0 Å². The molecule has 14 heavy (non-hydrogen) atoms. The largest absolute Gasteiger partial charge is 0.290 e. The predicted molar refractivity (Wildman–Crippen MR) is 59.4 cm³/mol. The number of fused-ring (bicyclic) bond motifs is 1. The van der Waals surface area contributed by atoms with Crippen LogP contribution in [0.3, 0.4) is 0 Å². The smallest absolute Gasteiger partial charge is 0.234 e. The molecule has 0 aliphatic carbocycles. The molecule has 0 unspecified atom stereocenters. The van der Waals surface area contributed by atoms with Gasteiger partial charge in [0.25, 0.3) is 0 Å². The number of nitrogens with zero attached hydrogens (tertiary/aromatic N) is 3. The van der Waals surface area contributed by atoms with Gasteiger partial charge >= 0.3 is 0 Å². The Morgan fingerprint density at radius 2 is 2.00 bits per heavy atom. The maximum atomic E-state index is 4.46. The van der Waals surface area contributed by atoms with Crippen LogP contribution in [0.5, 0.6) is 0 Å². The summed E-state index contributed by atoms with van der Waals surface area (Å²) in [5, 5.41) is 0. The second-order valence-corrected chi connectivity index (χ2v) is 5.27. The number of hydrogen-bond acceptors (Lipinski definition) is 2. The van der Waals surface area contributed by atoms with E-state index in [4.69, 9.17) is 0 Å². The number of hydrogen-bond donors (Lipinski definition) is 0. The van der Waals surface area contributed by atoms with Crippen molar-refractivity contribution in [2.45, 2.75) is 26.2 Å². The fourth-order valence-corrected chi connectivity index (χ4v) is 1.54. The van der Waals surface area contributed by atoms with Gasteiger partial charge in [0.15, 0.2) is 0 Å². The first-order valence-corrected chi connectivity index (χ1v) is 5.27. The zero-order valence-corrected chi connectivity index (χ0v) is 10.0. The molecule has 0 radical (unpaired) electrons. The molecule has 0 aliphatic rings. The zero-order chi connectivity index (χ0) is 10.3. The highest BCUT2D eigenvalue weighted by atomic mass is 79.9. The molecular formula is C10H12BrN3. The van der Waals surface area contributed by atoms with E-state index in [9.17, 15) is 0 Å². The Morgan fingerprint density at radius 3 is 2.64 bits per heavy atom. The summed E-state index contributed by atoms with van der Waals surface area (Å²) in [6, 6.07) is 0. The molecular weight excluding hydrogens is 242 g/mol. The fourth-order valence-electron chi connectivity index (χ4n) is 1.22. The first-order valence-electron chi connectivity index (χ1n) is 4.47. The van der Waals surface area contributed by atoms with E-state index < -0.39 is 0 Å². The summed E-state index contributed by atoms with van der Waals surface area (Å²) < 4.78 is 2.90. The molecule has 4 heteroatoms. The number of rotatable bonds is 0. The van der Waals surface area contributed by atoms with Crippen LogP contribution in [-0.2, 0) is 5.41 Å². The molecule has 0 atom stereocenters. The molecule has 2 heterocycles. The van der Waals surface area contributed by atoms with E-state index >= 15 is 0 Å². The van der Waals surface area contributed by atoms with Crippen molar-refractivity contribution in [3.05, 3.63) is 28.8 Å². The summed E-state index contributed by atoms with van der Waals surface area (Å²) in [4.78, 5) is 8.68. The Balaban J connectivity index is 2.63. The average molecular weight is 254 g/mol. The van der Waals surface area contributed by atoms with Crippen molar-refractivity contribution in [2.75, 3.05) is 0 Å². The van der Waals surface area contributed by atoms with Crippen molar-refractivity contribution in [1.82, 2.24) is 14.4 Å². The Kier molecular flexibility index (Phi) is 2.10. The van der Waals surface area contributed by atoms with Gasteiger partial charge in [0.05, 0.1) is 10.2 Å². The maximum Gasteiger partial charge on any atom is 0.234 e. The van der Waals surface area contributed by atoms with Crippen LogP contribution in [0.15, 0.2) is 23.1 Å². The lowest BCUT2D eigenvalue weighted by atomic mass is 9.93. The van der Waals surface area contributed by atoms with Gasteiger partial charge in [-0.25, -0.2) is 9.97 Å². The first-order chi connectivity index (χ1) is 6.47. The molecule has 0 aromatic carbocycles. The maximum absolute atomic E-state index is 4.46. The van der Waals surface area contributed by atoms with Crippen LogP contribution >= 0.6 is 15.9 Å². The van der Waals surface area contributed by atoms with Crippen molar-refractivity contribution in [3.63, 3.8) is 0 Å². The summed E-state index contributed by atoms with van der Waals surface area (Å²) in [6.07, 6.45) is 5.74. The van der Waals surface area contributed by atoms with Crippen molar-refractivity contribution in [2.24, 2.45) is 0 Å². The summed E-state index contributed by atoms with van der Waals surface area (Å²) in [5.41, 5.74) is 1.13. The topological polar surface area (TPSA) is 30.2 Å². The van der Waals surface area contributed by atoms with Crippen molar-refractivity contribution < 1.29 is 0 Å². The van der Waals surface area contributed by atoms with Gasteiger partial charge in [-0.05, 0) is 15.9 Å². The molecule has 0 spiro atoms. The normalized spacial score (nSPS) is 12.3. The molecule has 0 saturated carbocycles. The van der Waals surface area contributed by atoms with Crippen LogP contribution < -0.4 is 0 Å². The van der Waals surface area contributed by atoms with Crippen LogP contribution in [0, 0.1) is 0 Å². The minimum absolute atomic E-state index is 0.0696. The van der Waals surface area contributed by atoms with Gasteiger partial charge in [0, 0.05) is 24.0 Å². The fraction of sp³-hybridized carbons (Fsp3) is 0.400. The Hall–Kier alpha value is -0.900. The lowest BCUT2D eigenvalue weighted by Crippen LogP contribution is -2.11. The van der Waals surface area contributed by atoms with Crippen LogP contribution in [0.2, 0.25) is 0 Å². The van der Waals surface area contributed by atoms with Gasteiger partial charge in [-0.2, -0.15) is 0 Å². The third kappa shape index (κ3) is 1.66. The molecule has 3 nitrogen and oxygen atoms in total. The van der Waals surface area contributed by atoms with Gasteiger partial charge in [0.1, 0.15) is 0 Å². The standard InChI is InChI=1S/C10H12BrN3/c1-10(2,3)8-6-14-5-7(11)4-12-9(14)13-8/h4-6H,1-3H3. The average Bonchev–Trinajstić information content (AvgIpc) is 2.45. The van der Waals surface area contributed by atoms with Crippen LogP contribution in [0.4, 0.5) is 0 Å². The second kappa shape index (κ2) is 3.05. The quantitative estimate of drug-likeness (QED) is 0.723. The first kappa shape index (κ1) is 9.65. The van der Waals surface area contributed by atoms with Gasteiger partial charge in [0.2, 0.25) is 5.78 Å². The van der Waals surface area contributed by atoms with Crippen LogP contribution in [0.1, 0.15) is 26.5 Å². The number of aromatic nitrogens is 3. The number of halogens is 1. The third-order valence-corrected chi connectivity index (χ3v) is 2.46. The lowest BCUT2D eigenvalue weighted by molar-refractivity contribution is 0.573. The van der Waals surface area contributed by atoms with Gasteiger partial charge in [-0.3, -0.25) is 4.40 Å². The highest BCUT2D eigenvalue weighted by molar-refractivity contribution is 9.10. The van der Waals surface area contributed by atoms with Crippen LogP contribution in [0.25, 0.3) is 5.78 Å². The van der Waals surface area contributed by atoms with E-state index in [1.807, 2.05) is 16.8 Å². The molecule has 0 amide bonds. The van der Waals surface area contributed by atoms with E-state index in [1.54, 1.807) is 6.20 Å². The molecule has 74 valence electrons. The molecule has 0 bridgehead atoms. The van der Waals surface area contributed by atoms with E-state index in [-0.39, 0.29) is 5.41 Å². The highest BCUT2D eigenvalue weighted by Gasteiger charge is 2.17. The minimum atomic E-state index is 0.0696. The lowest BCUT2D eigenvalue weighted by Gasteiger charge is -2.13.